The van der Waals surface area contributed by atoms with Crippen LogP contribution in [-0.2, 0) is 7.05 Å². The van der Waals surface area contributed by atoms with Crippen molar-refractivity contribution in [1.29, 1.82) is 0 Å². The van der Waals surface area contributed by atoms with Gasteiger partial charge in [-0.25, -0.2) is 0 Å². The molecule has 1 amide bonds. The zero-order chi connectivity index (χ0) is 10.1. The van der Waals surface area contributed by atoms with E-state index in [0.29, 0.717) is 18.0 Å². The van der Waals surface area contributed by atoms with Gasteiger partial charge >= 0.3 is 0 Å². The molecule has 14 heavy (non-hydrogen) atoms. The van der Waals surface area contributed by atoms with Crippen molar-refractivity contribution in [3.05, 3.63) is 18.0 Å². The lowest BCUT2D eigenvalue weighted by molar-refractivity contribution is 0.0515. The molecule has 2 heterocycles. The van der Waals surface area contributed by atoms with Gasteiger partial charge in [0.1, 0.15) is 0 Å². The molecular formula is C9H14N4O. The predicted molar refractivity (Wildman–Crippen MR) is 51.7 cm³/mol. The molecule has 0 unspecified atom stereocenters. The van der Waals surface area contributed by atoms with E-state index in [1.807, 2.05) is 0 Å². The third kappa shape index (κ3) is 1.50. The van der Waals surface area contributed by atoms with Crippen molar-refractivity contribution in [3.63, 3.8) is 0 Å². The average Bonchev–Trinajstić information content (AvgIpc) is 2.49. The molecule has 5 heteroatoms. The maximum atomic E-state index is 11.7. The van der Waals surface area contributed by atoms with Crippen LogP contribution in [0, 0.1) is 5.92 Å². The van der Waals surface area contributed by atoms with E-state index in [1.54, 1.807) is 29.0 Å². The zero-order valence-corrected chi connectivity index (χ0v) is 8.18. The Morgan fingerprint density at radius 1 is 1.71 bits per heavy atom. The smallest absolute Gasteiger partial charge is 0.257 e. The molecule has 2 rings (SSSR count). The van der Waals surface area contributed by atoms with Crippen LogP contribution < -0.4 is 5.73 Å². The number of amides is 1. The number of nitrogens with two attached hydrogens (primary N) is 1. The summed E-state index contributed by atoms with van der Waals surface area (Å²) in [5, 5.41) is 3.96. The third-order valence-corrected chi connectivity index (χ3v) is 2.53. The van der Waals surface area contributed by atoms with Crippen LogP contribution in [0.15, 0.2) is 12.4 Å². The average molecular weight is 194 g/mol. The fraction of sp³-hybridized carbons (Fsp3) is 0.556. The number of aromatic nitrogens is 2. The lowest BCUT2D eigenvalue weighted by Crippen LogP contribution is -2.52. The highest BCUT2D eigenvalue weighted by Crippen LogP contribution is 2.16. The fourth-order valence-electron chi connectivity index (χ4n) is 1.60. The van der Waals surface area contributed by atoms with Crippen LogP contribution in [0.25, 0.3) is 0 Å². The predicted octanol–water partition coefficient (Wildman–Crippen LogP) is -0.549. The topological polar surface area (TPSA) is 64.2 Å². The number of aryl methyl sites for hydroxylation is 1. The van der Waals surface area contributed by atoms with Gasteiger partial charge in [0.2, 0.25) is 0 Å². The van der Waals surface area contributed by atoms with Gasteiger partial charge in [-0.1, -0.05) is 0 Å². The first-order chi connectivity index (χ1) is 6.70. The van der Waals surface area contributed by atoms with Crippen LogP contribution in [0.2, 0.25) is 0 Å². The standard InChI is InChI=1S/C9H14N4O/c1-12-6-8(3-11-12)9(14)13-4-7(2-10)5-13/h3,6-7H,2,4-5,10H2,1H3. The van der Waals surface area contributed by atoms with E-state index < -0.39 is 0 Å². The highest BCUT2D eigenvalue weighted by atomic mass is 16.2. The molecular weight excluding hydrogens is 180 g/mol. The monoisotopic (exact) mass is 194 g/mol. The van der Waals surface area contributed by atoms with Gasteiger partial charge in [-0.2, -0.15) is 5.10 Å². The summed E-state index contributed by atoms with van der Waals surface area (Å²) in [7, 11) is 1.80. The molecule has 1 saturated heterocycles. The van der Waals surface area contributed by atoms with Crippen LogP contribution in [0.1, 0.15) is 10.4 Å². The lowest BCUT2D eigenvalue weighted by atomic mass is 10.00. The first kappa shape index (κ1) is 9.21. The maximum Gasteiger partial charge on any atom is 0.257 e. The number of hydrogen-bond acceptors (Lipinski definition) is 3. The summed E-state index contributed by atoms with van der Waals surface area (Å²) in [6.07, 6.45) is 3.33. The van der Waals surface area contributed by atoms with E-state index in [2.05, 4.69) is 5.10 Å². The van der Waals surface area contributed by atoms with Gasteiger partial charge in [-0.05, 0) is 6.54 Å². The van der Waals surface area contributed by atoms with Crippen molar-refractivity contribution in [2.24, 2.45) is 18.7 Å². The van der Waals surface area contributed by atoms with Crippen molar-refractivity contribution in [2.75, 3.05) is 19.6 Å². The Morgan fingerprint density at radius 3 is 2.93 bits per heavy atom. The van der Waals surface area contributed by atoms with Crippen molar-refractivity contribution < 1.29 is 4.79 Å². The Labute approximate surface area is 82.5 Å². The van der Waals surface area contributed by atoms with Crippen LogP contribution in [0.3, 0.4) is 0 Å². The van der Waals surface area contributed by atoms with Gasteiger partial charge in [-0.3, -0.25) is 9.48 Å². The van der Waals surface area contributed by atoms with Gasteiger partial charge in [0.25, 0.3) is 5.91 Å². The molecule has 76 valence electrons. The number of carbonyl (C=O) groups excluding carboxylic acids is 1. The highest BCUT2D eigenvalue weighted by Gasteiger charge is 2.30. The van der Waals surface area contributed by atoms with Crippen LogP contribution in [0.5, 0.6) is 0 Å². The Balaban J connectivity index is 1.97. The molecule has 0 atom stereocenters. The maximum absolute atomic E-state index is 11.7. The summed E-state index contributed by atoms with van der Waals surface area (Å²) in [5.74, 6) is 0.540. The second kappa shape index (κ2) is 3.42. The number of likely N-dealkylation sites (tertiary alicyclic amines) is 1. The summed E-state index contributed by atoms with van der Waals surface area (Å²) in [6, 6.07) is 0. The molecule has 0 bridgehead atoms. The van der Waals surface area contributed by atoms with Crippen LogP contribution in [0.4, 0.5) is 0 Å². The largest absolute Gasteiger partial charge is 0.338 e. The number of carbonyl (C=O) groups is 1. The van der Waals surface area contributed by atoms with E-state index in [1.165, 1.54) is 0 Å². The second-order valence-electron chi connectivity index (χ2n) is 3.71. The molecule has 1 aromatic heterocycles. The van der Waals surface area contributed by atoms with E-state index >= 15 is 0 Å². The summed E-state index contributed by atoms with van der Waals surface area (Å²) < 4.78 is 1.63. The van der Waals surface area contributed by atoms with Gasteiger partial charge < -0.3 is 10.6 Å². The molecule has 0 saturated carbocycles. The molecule has 0 spiro atoms. The summed E-state index contributed by atoms with van der Waals surface area (Å²) in [4.78, 5) is 13.5. The zero-order valence-electron chi connectivity index (χ0n) is 8.18. The summed E-state index contributed by atoms with van der Waals surface area (Å²) in [5.41, 5.74) is 6.14. The number of rotatable bonds is 2. The molecule has 0 radical (unpaired) electrons. The summed E-state index contributed by atoms with van der Waals surface area (Å²) in [6.45, 7) is 2.23. The molecule has 1 aliphatic heterocycles. The third-order valence-electron chi connectivity index (χ3n) is 2.53. The highest BCUT2D eigenvalue weighted by molar-refractivity contribution is 5.94. The quantitative estimate of drug-likeness (QED) is 0.687. The van der Waals surface area contributed by atoms with E-state index in [4.69, 9.17) is 5.73 Å². The van der Waals surface area contributed by atoms with Gasteiger partial charge in [0.05, 0.1) is 11.8 Å². The van der Waals surface area contributed by atoms with Crippen LogP contribution >= 0.6 is 0 Å². The van der Waals surface area contributed by atoms with Gasteiger partial charge in [-0.15, -0.1) is 0 Å². The van der Waals surface area contributed by atoms with Crippen molar-refractivity contribution in [1.82, 2.24) is 14.7 Å². The van der Waals surface area contributed by atoms with Gasteiger partial charge in [0, 0.05) is 32.3 Å². The fourth-order valence-corrected chi connectivity index (χ4v) is 1.60. The Bertz CT molecular complexity index is 340. The Morgan fingerprint density at radius 2 is 2.43 bits per heavy atom. The molecule has 1 aromatic rings. The Kier molecular flexibility index (Phi) is 2.25. The van der Waals surface area contributed by atoms with Crippen molar-refractivity contribution in [3.8, 4) is 0 Å². The van der Waals surface area contributed by atoms with E-state index in [9.17, 15) is 4.79 Å². The molecule has 0 aromatic carbocycles. The first-order valence-electron chi connectivity index (χ1n) is 4.68. The van der Waals surface area contributed by atoms with Crippen LogP contribution in [-0.4, -0.2) is 40.2 Å². The minimum atomic E-state index is 0.0581. The second-order valence-corrected chi connectivity index (χ2v) is 3.71. The molecule has 2 N–H and O–H groups in total. The number of hydrogen-bond donors (Lipinski definition) is 1. The molecule has 1 fully saturated rings. The molecule has 0 aliphatic carbocycles. The van der Waals surface area contributed by atoms with E-state index in [0.717, 1.165) is 13.1 Å². The van der Waals surface area contributed by atoms with Crippen molar-refractivity contribution >= 4 is 5.91 Å². The van der Waals surface area contributed by atoms with Gasteiger partial charge in [0.15, 0.2) is 0 Å². The minimum Gasteiger partial charge on any atom is -0.338 e. The molecule has 5 nitrogen and oxygen atoms in total. The lowest BCUT2D eigenvalue weighted by Gasteiger charge is -2.38. The first-order valence-corrected chi connectivity index (χ1v) is 4.68. The SMILES string of the molecule is Cn1cc(C(=O)N2CC(CN)C2)cn1. The normalized spacial score (nSPS) is 16.9. The van der Waals surface area contributed by atoms with Crippen molar-refractivity contribution in [2.45, 2.75) is 0 Å². The Hall–Kier alpha value is -1.36. The molecule has 1 aliphatic rings. The van der Waals surface area contributed by atoms with E-state index in [-0.39, 0.29) is 5.91 Å². The minimum absolute atomic E-state index is 0.0581. The summed E-state index contributed by atoms with van der Waals surface area (Å²) >= 11 is 0. The number of nitrogens with zero attached hydrogens (tertiary/aromatic N) is 3.